The van der Waals surface area contributed by atoms with E-state index in [1.54, 1.807) is 30.7 Å². The third kappa shape index (κ3) is 6.48. The smallest absolute Gasteiger partial charge is 0.248 e. The molecule has 4 aromatic rings. The minimum absolute atomic E-state index is 0.326. The molecule has 2 heterocycles. The van der Waals surface area contributed by atoms with E-state index in [-0.39, 0.29) is 5.91 Å². The summed E-state index contributed by atoms with van der Waals surface area (Å²) in [5.74, 6) is -0.121. The molecule has 0 aliphatic rings. The number of aromatic nitrogens is 4. The number of nitrogens with zero attached hydrogens (tertiary/aromatic N) is 4. The van der Waals surface area contributed by atoms with Crippen LogP contribution in [0.5, 0.6) is 0 Å². The minimum Gasteiger partial charge on any atom is -0.352 e. The molecule has 2 aromatic carbocycles. The van der Waals surface area contributed by atoms with Gasteiger partial charge in [0.1, 0.15) is 12.1 Å². The van der Waals surface area contributed by atoms with Crippen LogP contribution in [-0.2, 0) is 16.1 Å². The summed E-state index contributed by atoms with van der Waals surface area (Å²) in [5, 5.41) is 9.55. The van der Waals surface area contributed by atoms with Crippen LogP contribution in [0, 0.1) is 0 Å². The summed E-state index contributed by atoms with van der Waals surface area (Å²) in [7, 11) is 0. The Morgan fingerprint density at radius 2 is 1.91 bits per heavy atom. The number of nitrogens with one attached hydrogen (secondary N) is 3. The van der Waals surface area contributed by atoms with E-state index in [1.807, 2.05) is 35.0 Å². The van der Waals surface area contributed by atoms with Crippen molar-refractivity contribution in [3.05, 3.63) is 84.1 Å². The van der Waals surface area contributed by atoms with Gasteiger partial charge in [-0.3, -0.25) is 9.59 Å². The molecule has 0 unspecified atom stereocenters. The Kier molecular flexibility index (Phi) is 7.61. The number of imidazole rings is 1. The van der Waals surface area contributed by atoms with Gasteiger partial charge in [0.05, 0.1) is 11.8 Å². The summed E-state index contributed by atoms with van der Waals surface area (Å²) in [4.78, 5) is 36.9. The molecule has 0 atom stereocenters. The van der Waals surface area contributed by atoms with Crippen molar-refractivity contribution in [1.29, 1.82) is 0 Å². The third-order valence-corrected chi connectivity index (χ3v) is 5.32. The molecule has 9 nitrogen and oxygen atoms in total. The first-order valence-electron chi connectivity index (χ1n) is 10.6. The Morgan fingerprint density at radius 3 is 2.74 bits per heavy atom. The highest BCUT2D eigenvalue weighted by Crippen LogP contribution is 2.26. The fraction of sp³-hybridized carbons (Fsp3) is 0.125. The molecule has 0 fully saturated rings. The highest BCUT2D eigenvalue weighted by atomic mass is 79.9. The molecule has 34 heavy (non-hydrogen) atoms. The maximum absolute atomic E-state index is 12.3. The summed E-state index contributed by atoms with van der Waals surface area (Å²) < 4.78 is 2.88. The van der Waals surface area contributed by atoms with E-state index in [1.165, 1.54) is 18.5 Å². The van der Waals surface area contributed by atoms with Gasteiger partial charge in [-0.15, -0.1) is 0 Å². The van der Waals surface area contributed by atoms with E-state index in [0.717, 1.165) is 34.0 Å². The number of benzene rings is 2. The van der Waals surface area contributed by atoms with Crippen molar-refractivity contribution >= 4 is 55.8 Å². The van der Waals surface area contributed by atoms with Crippen LogP contribution in [0.25, 0.3) is 10.9 Å². The van der Waals surface area contributed by atoms with Crippen molar-refractivity contribution in [3.8, 4) is 0 Å². The van der Waals surface area contributed by atoms with E-state index in [2.05, 4.69) is 46.8 Å². The van der Waals surface area contributed by atoms with Gasteiger partial charge in [-0.05, 0) is 42.8 Å². The number of anilines is 3. The van der Waals surface area contributed by atoms with Crippen molar-refractivity contribution in [2.75, 3.05) is 17.2 Å². The zero-order valence-corrected chi connectivity index (χ0v) is 19.7. The monoisotopic (exact) mass is 519 g/mol. The highest BCUT2D eigenvalue weighted by molar-refractivity contribution is 9.10. The number of amides is 2. The number of fused-ring (bicyclic) bond motifs is 1. The zero-order valence-electron chi connectivity index (χ0n) is 18.1. The zero-order chi connectivity index (χ0) is 23.8. The van der Waals surface area contributed by atoms with Crippen molar-refractivity contribution in [3.63, 3.8) is 0 Å². The number of halogens is 1. The molecule has 0 aliphatic heterocycles. The van der Waals surface area contributed by atoms with Crippen LogP contribution in [0.1, 0.15) is 6.42 Å². The van der Waals surface area contributed by atoms with Gasteiger partial charge in [0, 0.05) is 58.9 Å². The van der Waals surface area contributed by atoms with Crippen LogP contribution in [-0.4, -0.2) is 37.9 Å². The largest absolute Gasteiger partial charge is 0.352 e. The topological polar surface area (TPSA) is 114 Å². The van der Waals surface area contributed by atoms with Gasteiger partial charge < -0.3 is 20.5 Å². The second kappa shape index (κ2) is 11.2. The van der Waals surface area contributed by atoms with Gasteiger partial charge in [0.2, 0.25) is 11.8 Å². The Morgan fingerprint density at radius 1 is 1.03 bits per heavy atom. The average Bonchev–Trinajstić information content (AvgIpc) is 3.35. The molecule has 0 radical (unpaired) electrons. The summed E-state index contributed by atoms with van der Waals surface area (Å²) in [5.41, 5.74) is 2.16. The van der Waals surface area contributed by atoms with Gasteiger partial charge in [-0.2, -0.15) is 0 Å². The standard InChI is InChI=1S/C24H22BrN7O2/c25-17-3-1-4-18(13-17)31-24-20-14-19(5-6-21(20)28-15-29-24)30-23(34)8-7-22(33)27-9-2-11-32-12-10-26-16-32/h1,3-8,10,12-16H,2,9,11H2,(H,27,33)(H,30,34)(H,28,29,31). The molecule has 0 saturated heterocycles. The predicted molar refractivity (Wildman–Crippen MR) is 135 cm³/mol. The molecule has 0 aliphatic carbocycles. The number of carbonyl (C=O) groups excluding carboxylic acids is 2. The van der Waals surface area contributed by atoms with Crippen molar-refractivity contribution in [2.24, 2.45) is 0 Å². The molecule has 2 amide bonds. The first kappa shape index (κ1) is 23.1. The molecule has 2 aromatic heterocycles. The number of hydrogen-bond donors (Lipinski definition) is 3. The van der Waals surface area contributed by atoms with Gasteiger partial charge >= 0.3 is 0 Å². The van der Waals surface area contributed by atoms with Crippen LogP contribution in [0.3, 0.4) is 0 Å². The second-order valence-corrected chi connectivity index (χ2v) is 8.27. The lowest BCUT2D eigenvalue weighted by atomic mass is 10.2. The Labute approximate surface area is 204 Å². The van der Waals surface area contributed by atoms with Crippen LogP contribution in [0.2, 0.25) is 0 Å². The quantitative estimate of drug-likeness (QED) is 0.227. The molecular weight excluding hydrogens is 498 g/mol. The lowest BCUT2D eigenvalue weighted by molar-refractivity contribution is -0.117. The molecular formula is C24H22BrN7O2. The lowest BCUT2D eigenvalue weighted by Gasteiger charge is -2.10. The SMILES string of the molecule is O=C(C=CC(=O)Nc1ccc2ncnc(Nc3cccc(Br)c3)c2c1)NCCCn1ccnc1. The molecule has 0 saturated carbocycles. The van der Waals surface area contributed by atoms with E-state index >= 15 is 0 Å². The van der Waals surface area contributed by atoms with E-state index < -0.39 is 5.91 Å². The Bertz CT molecular complexity index is 1320. The second-order valence-electron chi connectivity index (χ2n) is 7.36. The fourth-order valence-corrected chi connectivity index (χ4v) is 3.62. The van der Waals surface area contributed by atoms with Gasteiger partial charge in [0.15, 0.2) is 0 Å². The minimum atomic E-state index is -0.411. The molecule has 0 bridgehead atoms. The third-order valence-electron chi connectivity index (χ3n) is 4.83. The number of carbonyl (C=O) groups is 2. The van der Waals surface area contributed by atoms with Crippen LogP contribution in [0.4, 0.5) is 17.2 Å². The summed E-state index contributed by atoms with van der Waals surface area (Å²) in [6.45, 7) is 1.26. The fourth-order valence-electron chi connectivity index (χ4n) is 3.22. The van der Waals surface area contributed by atoms with Gasteiger partial charge in [-0.1, -0.05) is 22.0 Å². The number of rotatable bonds is 9. The summed E-state index contributed by atoms with van der Waals surface area (Å²) in [6.07, 6.45) is 9.97. The van der Waals surface area contributed by atoms with E-state index in [4.69, 9.17) is 0 Å². The maximum Gasteiger partial charge on any atom is 0.248 e. The first-order valence-corrected chi connectivity index (χ1v) is 11.4. The predicted octanol–water partition coefficient (Wildman–Crippen LogP) is 4.03. The number of hydrogen-bond acceptors (Lipinski definition) is 6. The number of aryl methyl sites for hydroxylation is 1. The van der Waals surface area contributed by atoms with Crippen molar-refractivity contribution in [1.82, 2.24) is 24.8 Å². The van der Waals surface area contributed by atoms with Crippen molar-refractivity contribution in [2.45, 2.75) is 13.0 Å². The summed E-state index contributed by atoms with van der Waals surface area (Å²) in [6, 6.07) is 13.1. The molecule has 10 heteroatoms. The first-order chi connectivity index (χ1) is 16.6. The lowest BCUT2D eigenvalue weighted by Crippen LogP contribution is -2.23. The van der Waals surface area contributed by atoms with Gasteiger partial charge in [0.25, 0.3) is 0 Å². The molecule has 3 N–H and O–H groups in total. The molecule has 0 spiro atoms. The van der Waals surface area contributed by atoms with Crippen LogP contribution in [0.15, 0.2) is 84.1 Å². The van der Waals surface area contributed by atoms with Crippen LogP contribution < -0.4 is 16.0 Å². The molecule has 172 valence electrons. The van der Waals surface area contributed by atoms with Crippen molar-refractivity contribution < 1.29 is 9.59 Å². The Hall–Kier alpha value is -4.05. The summed E-state index contributed by atoms with van der Waals surface area (Å²) >= 11 is 3.46. The maximum atomic E-state index is 12.3. The molecule has 4 rings (SSSR count). The van der Waals surface area contributed by atoms with E-state index in [0.29, 0.717) is 18.1 Å². The Balaban J connectivity index is 1.34. The van der Waals surface area contributed by atoms with Gasteiger partial charge in [-0.25, -0.2) is 15.0 Å². The van der Waals surface area contributed by atoms with Crippen LogP contribution >= 0.6 is 15.9 Å². The average molecular weight is 520 g/mol. The van der Waals surface area contributed by atoms with E-state index in [9.17, 15) is 9.59 Å². The highest BCUT2D eigenvalue weighted by Gasteiger charge is 2.07. The normalized spacial score (nSPS) is 11.0.